The second kappa shape index (κ2) is 9.69. The Balaban J connectivity index is 1.37. The van der Waals surface area contributed by atoms with E-state index in [1.54, 1.807) is 6.07 Å². The normalized spacial score (nSPS) is 21.2. The highest BCUT2D eigenvalue weighted by atomic mass is 35.5. The fourth-order valence-electron chi connectivity index (χ4n) is 6.40. The Morgan fingerprint density at radius 1 is 1.21 bits per heavy atom. The standard InChI is InChI=1S/C28H31ClFN7OS/c1-36-9-3-5-16(36)12-38-27-34-24-18(25(35-27)37-10-4-8-28(15-37)13-32-14-28)11-19(29)21(22(24)30)17-6-2-7-20-23(17)33-26(31)39-20/h2,6-7,11,16,32H,3-5,8-10,12-15H2,1H3,(H2,31,33). The van der Waals surface area contributed by atoms with Crippen LogP contribution >= 0.6 is 22.9 Å². The number of piperidine rings is 1. The number of para-hydroxylation sites is 1. The van der Waals surface area contributed by atoms with E-state index in [-0.39, 0.29) is 22.5 Å². The lowest BCUT2D eigenvalue weighted by atomic mass is 9.75. The number of anilines is 2. The van der Waals surface area contributed by atoms with Crippen LogP contribution in [0.4, 0.5) is 15.3 Å². The molecule has 204 valence electrons. The van der Waals surface area contributed by atoms with E-state index in [0.717, 1.165) is 56.7 Å². The van der Waals surface area contributed by atoms with Gasteiger partial charge in [0.05, 0.1) is 15.2 Å². The fourth-order valence-corrected chi connectivity index (χ4v) is 7.45. The molecule has 3 aliphatic rings. The zero-order valence-electron chi connectivity index (χ0n) is 21.8. The van der Waals surface area contributed by atoms with Crippen molar-refractivity contribution in [1.82, 2.24) is 25.2 Å². The minimum Gasteiger partial charge on any atom is -0.462 e. The molecule has 3 aliphatic heterocycles. The number of aromatic nitrogens is 3. The molecule has 39 heavy (non-hydrogen) atoms. The number of hydrogen-bond acceptors (Lipinski definition) is 9. The van der Waals surface area contributed by atoms with Crippen LogP contribution in [0.15, 0.2) is 24.3 Å². The van der Waals surface area contributed by atoms with E-state index in [1.807, 2.05) is 18.2 Å². The van der Waals surface area contributed by atoms with Crippen LogP contribution in [0.5, 0.6) is 6.01 Å². The molecule has 3 fully saturated rings. The van der Waals surface area contributed by atoms with Gasteiger partial charge in [0, 0.05) is 54.1 Å². The van der Waals surface area contributed by atoms with Crippen molar-refractivity contribution in [2.45, 2.75) is 31.7 Å². The number of nitrogens with two attached hydrogens (primary N) is 1. The van der Waals surface area contributed by atoms with Crippen molar-refractivity contribution in [3.63, 3.8) is 0 Å². The van der Waals surface area contributed by atoms with Crippen molar-refractivity contribution in [3.05, 3.63) is 35.1 Å². The molecule has 0 aliphatic carbocycles. The van der Waals surface area contributed by atoms with E-state index in [0.29, 0.717) is 45.1 Å². The van der Waals surface area contributed by atoms with E-state index >= 15 is 4.39 Å². The van der Waals surface area contributed by atoms with Crippen LogP contribution in [-0.2, 0) is 0 Å². The Bertz CT molecular complexity index is 1580. The number of nitrogens with zero attached hydrogens (tertiary/aromatic N) is 5. The molecule has 7 rings (SSSR count). The van der Waals surface area contributed by atoms with Crippen molar-refractivity contribution in [2.75, 3.05) is 57.0 Å². The van der Waals surface area contributed by atoms with Gasteiger partial charge in [0.1, 0.15) is 17.9 Å². The van der Waals surface area contributed by atoms with E-state index in [4.69, 9.17) is 27.1 Å². The van der Waals surface area contributed by atoms with Crippen molar-refractivity contribution < 1.29 is 9.13 Å². The minimum atomic E-state index is -0.500. The fraction of sp³-hybridized carbons (Fsp3) is 0.464. The van der Waals surface area contributed by atoms with E-state index in [9.17, 15) is 0 Å². The molecule has 4 aromatic rings. The maximum Gasteiger partial charge on any atom is 0.319 e. The minimum absolute atomic E-state index is 0.201. The van der Waals surface area contributed by atoms with Crippen LogP contribution < -0.4 is 20.7 Å². The second-order valence-corrected chi connectivity index (χ2v) is 12.7. The van der Waals surface area contributed by atoms with Crippen LogP contribution in [-0.4, -0.2) is 72.3 Å². The molecule has 0 bridgehead atoms. The maximum absolute atomic E-state index is 16.6. The van der Waals surface area contributed by atoms with Gasteiger partial charge in [0.2, 0.25) is 0 Å². The third kappa shape index (κ3) is 4.38. The summed E-state index contributed by atoms with van der Waals surface area (Å²) in [7, 11) is 2.10. The van der Waals surface area contributed by atoms with Gasteiger partial charge in [-0.1, -0.05) is 35.1 Å². The molecule has 3 saturated heterocycles. The summed E-state index contributed by atoms with van der Waals surface area (Å²) in [4.78, 5) is 18.5. The zero-order chi connectivity index (χ0) is 26.7. The van der Waals surface area contributed by atoms with E-state index < -0.39 is 5.82 Å². The lowest BCUT2D eigenvalue weighted by Crippen LogP contribution is -2.61. The van der Waals surface area contributed by atoms with Crippen LogP contribution in [0.1, 0.15) is 25.7 Å². The number of thiazole rings is 1. The predicted molar refractivity (Wildman–Crippen MR) is 155 cm³/mol. The first kappa shape index (κ1) is 25.2. The topological polar surface area (TPSA) is 92.4 Å². The highest BCUT2D eigenvalue weighted by Crippen LogP contribution is 2.43. The number of ether oxygens (including phenoxy) is 1. The van der Waals surface area contributed by atoms with Gasteiger partial charge >= 0.3 is 6.01 Å². The average Bonchev–Trinajstić information content (AvgIpc) is 3.51. The Morgan fingerprint density at radius 2 is 2.08 bits per heavy atom. The van der Waals surface area contributed by atoms with E-state index in [2.05, 4.69) is 32.1 Å². The molecule has 0 amide bonds. The van der Waals surface area contributed by atoms with Crippen LogP contribution in [0, 0.1) is 11.2 Å². The van der Waals surface area contributed by atoms with Crippen LogP contribution in [0.3, 0.4) is 0 Å². The third-order valence-electron chi connectivity index (χ3n) is 8.58. The molecule has 1 atom stereocenters. The first-order chi connectivity index (χ1) is 18.9. The second-order valence-electron chi connectivity index (χ2n) is 11.2. The molecular weight excluding hydrogens is 537 g/mol. The third-order valence-corrected chi connectivity index (χ3v) is 9.73. The Morgan fingerprint density at radius 3 is 2.85 bits per heavy atom. The number of benzene rings is 2. The van der Waals surface area contributed by atoms with Gasteiger partial charge in [-0.3, -0.25) is 0 Å². The van der Waals surface area contributed by atoms with Gasteiger partial charge in [-0.05, 0) is 51.4 Å². The van der Waals surface area contributed by atoms with Crippen LogP contribution in [0.25, 0.3) is 32.2 Å². The number of nitrogens with one attached hydrogen (secondary N) is 1. The number of nitrogen functional groups attached to an aromatic ring is 1. The smallest absolute Gasteiger partial charge is 0.319 e. The largest absolute Gasteiger partial charge is 0.462 e. The molecule has 5 heterocycles. The molecule has 2 aromatic carbocycles. The molecule has 8 nitrogen and oxygen atoms in total. The quantitative estimate of drug-likeness (QED) is 0.350. The van der Waals surface area contributed by atoms with Crippen LogP contribution in [0.2, 0.25) is 5.02 Å². The lowest BCUT2D eigenvalue weighted by molar-refractivity contribution is 0.138. The molecule has 1 spiro atoms. The van der Waals surface area contributed by atoms with Crippen molar-refractivity contribution in [2.24, 2.45) is 5.41 Å². The zero-order valence-corrected chi connectivity index (χ0v) is 23.4. The summed E-state index contributed by atoms with van der Waals surface area (Å²) < 4.78 is 23.6. The lowest BCUT2D eigenvalue weighted by Gasteiger charge is -2.49. The number of likely N-dealkylation sites (N-methyl/N-ethyl adjacent to an activating group) is 1. The van der Waals surface area contributed by atoms with Gasteiger partial charge < -0.3 is 25.6 Å². The summed E-state index contributed by atoms with van der Waals surface area (Å²) >= 11 is 8.21. The molecule has 0 saturated carbocycles. The van der Waals surface area contributed by atoms with Gasteiger partial charge in [-0.25, -0.2) is 9.37 Å². The summed E-state index contributed by atoms with van der Waals surface area (Å²) in [6.07, 6.45) is 4.43. The molecule has 0 radical (unpaired) electrons. The molecular formula is C28H31ClFN7OS. The number of fused-ring (bicyclic) bond motifs is 2. The maximum atomic E-state index is 16.6. The van der Waals surface area contributed by atoms with Gasteiger partial charge in [-0.2, -0.15) is 9.97 Å². The average molecular weight is 568 g/mol. The number of hydrogen-bond donors (Lipinski definition) is 2. The molecule has 1 unspecified atom stereocenters. The van der Waals surface area contributed by atoms with Crippen molar-refractivity contribution in [3.8, 4) is 17.1 Å². The molecule has 3 N–H and O–H groups in total. The summed E-state index contributed by atoms with van der Waals surface area (Å²) in [5.41, 5.74) is 7.92. The monoisotopic (exact) mass is 567 g/mol. The highest BCUT2D eigenvalue weighted by Gasteiger charge is 2.41. The Hall–Kier alpha value is -2.79. The Kier molecular flexibility index (Phi) is 6.26. The summed E-state index contributed by atoms with van der Waals surface area (Å²) in [5, 5.41) is 4.74. The number of likely N-dealkylation sites (tertiary alicyclic amines) is 1. The molecule has 2 aromatic heterocycles. The highest BCUT2D eigenvalue weighted by molar-refractivity contribution is 7.22. The number of rotatable bonds is 5. The summed E-state index contributed by atoms with van der Waals surface area (Å²) in [6.45, 7) is 5.19. The SMILES string of the molecule is CN1CCCC1COc1nc(N2CCCC3(CNC3)C2)c2cc(Cl)c(-c3cccc4sc(N)nc34)c(F)c2n1. The predicted octanol–water partition coefficient (Wildman–Crippen LogP) is 4.94. The first-order valence-electron chi connectivity index (χ1n) is 13.5. The van der Waals surface area contributed by atoms with Gasteiger partial charge in [0.25, 0.3) is 0 Å². The number of halogens is 2. The van der Waals surface area contributed by atoms with Gasteiger partial charge in [0.15, 0.2) is 10.9 Å². The molecule has 11 heteroatoms. The summed E-state index contributed by atoms with van der Waals surface area (Å²) in [5.74, 6) is 0.185. The van der Waals surface area contributed by atoms with Crippen molar-refractivity contribution in [1.29, 1.82) is 0 Å². The first-order valence-corrected chi connectivity index (χ1v) is 14.7. The van der Waals surface area contributed by atoms with Gasteiger partial charge in [-0.15, -0.1) is 0 Å². The van der Waals surface area contributed by atoms with E-state index in [1.165, 1.54) is 17.8 Å². The summed E-state index contributed by atoms with van der Waals surface area (Å²) in [6, 6.07) is 7.91. The Labute approximate surface area is 235 Å². The van der Waals surface area contributed by atoms with Crippen molar-refractivity contribution >= 4 is 55.0 Å².